The summed E-state index contributed by atoms with van der Waals surface area (Å²) < 4.78 is 4.14. The van der Waals surface area contributed by atoms with Gasteiger partial charge in [0, 0.05) is 27.1 Å². The number of hydrogen-bond donors (Lipinski definition) is 1. The minimum atomic E-state index is -1.15. The SMILES string of the molecule is Cn1c(=O)c2c(ncn2CCC(O)(c2ccsc2)c2ccsc2)n(C)c1=O. The first kappa shape index (κ1) is 17.9. The van der Waals surface area contributed by atoms with Gasteiger partial charge in [-0.2, -0.15) is 22.7 Å². The quantitative estimate of drug-likeness (QED) is 0.553. The fourth-order valence-corrected chi connectivity index (χ4v) is 4.75. The molecule has 0 aromatic carbocycles. The van der Waals surface area contributed by atoms with Gasteiger partial charge in [0.25, 0.3) is 5.56 Å². The molecule has 0 aliphatic rings. The third kappa shape index (κ3) is 2.78. The predicted molar refractivity (Wildman–Crippen MR) is 106 cm³/mol. The third-order valence-electron chi connectivity index (χ3n) is 4.93. The lowest BCUT2D eigenvalue weighted by molar-refractivity contribution is 0.0672. The van der Waals surface area contributed by atoms with E-state index in [2.05, 4.69) is 4.98 Å². The van der Waals surface area contributed by atoms with Crippen LogP contribution in [0.2, 0.25) is 0 Å². The summed E-state index contributed by atoms with van der Waals surface area (Å²) in [4.78, 5) is 28.9. The molecule has 0 saturated carbocycles. The zero-order valence-electron chi connectivity index (χ0n) is 14.8. The molecule has 0 saturated heterocycles. The average molecular weight is 403 g/mol. The molecule has 4 aromatic rings. The van der Waals surface area contributed by atoms with E-state index in [9.17, 15) is 14.7 Å². The minimum Gasteiger partial charge on any atom is -0.380 e. The molecular weight excluding hydrogens is 384 g/mol. The topological polar surface area (TPSA) is 82.0 Å². The van der Waals surface area contributed by atoms with Crippen LogP contribution in [0.3, 0.4) is 0 Å². The molecule has 4 rings (SSSR count). The van der Waals surface area contributed by atoms with E-state index in [-0.39, 0.29) is 5.56 Å². The van der Waals surface area contributed by atoms with E-state index in [0.717, 1.165) is 15.7 Å². The van der Waals surface area contributed by atoms with Gasteiger partial charge in [-0.05, 0) is 44.8 Å². The van der Waals surface area contributed by atoms with Gasteiger partial charge in [0.2, 0.25) is 0 Å². The van der Waals surface area contributed by atoms with Crippen LogP contribution in [-0.2, 0) is 26.2 Å². The molecule has 0 bridgehead atoms. The molecule has 4 aromatic heterocycles. The van der Waals surface area contributed by atoms with E-state index in [1.54, 1.807) is 17.9 Å². The Balaban J connectivity index is 1.77. The lowest BCUT2D eigenvalue weighted by Gasteiger charge is -2.27. The molecule has 0 aliphatic heterocycles. The van der Waals surface area contributed by atoms with Crippen molar-refractivity contribution in [1.29, 1.82) is 0 Å². The Morgan fingerprint density at radius 2 is 1.70 bits per heavy atom. The van der Waals surface area contributed by atoms with Crippen molar-refractivity contribution in [2.45, 2.75) is 18.6 Å². The predicted octanol–water partition coefficient (Wildman–Crippen LogP) is 1.88. The van der Waals surface area contributed by atoms with Crippen LogP contribution < -0.4 is 11.2 Å². The van der Waals surface area contributed by atoms with E-state index >= 15 is 0 Å². The van der Waals surface area contributed by atoms with Crippen molar-refractivity contribution in [3.8, 4) is 0 Å². The van der Waals surface area contributed by atoms with Crippen LogP contribution in [0.15, 0.2) is 49.6 Å². The molecule has 9 heteroatoms. The van der Waals surface area contributed by atoms with Gasteiger partial charge in [-0.3, -0.25) is 13.9 Å². The fourth-order valence-electron chi connectivity index (χ4n) is 3.30. The summed E-state index contributed by atoms with van der Waals surface area (Å²) in [5, 5.41) is 19.2. The summed E-state index contributed by atoms with van der Waals surface area (Å²) in [7, 11) is 3.04. The Kier molecular flexibility index (Phi) is 4.37. The van der Waals surface area contributed by atoms with Crippen LogP contribution in [0.5, 0.6) is 0 Å². The highest BCUT2D eigenvalue weighted by Gasteiger charge is 2.32. The Hall–Kier alpha value is -2.49. The molecule has 1 N–H and O–H groups in total. The van der Waals surface area contributed by atoms with Crippen molar-refractivity contribution >= 4 is 33.8 Å². The van der Waals surface area contributed by atoms with Gasteiger partial charge in [-0.15, -0.1) is 0 Å². The molecule has 27 heavy (non-hydrogen) atoms. The van der Waals surface area contributed by atoms with Gasteiger partial charge in [-0.1, -0.05) is 0 Å². The highest BCUT2D eigenvalue weighted by molar-refractivity contribution is 7.08. The van der Waals surface area contributed by atoms with Crippen LogP contribution in [0, 0.1) is 0 Å². The smallest absolute Gasteiger partial charge is 0.332 e. The second-order valence-electron chi connectivity index (χ2n) is 6.45. The second kappa shape index (κ2) is 6.59. The molecular formula is C18H18N4O3S2. The number of nitrogens with zero attached hydrogens (tertiary/aromatic N) is 4. The number of thiophene rings is 2. The summed E-state index contributed by atoms with van der Waals surface area (Å²) >= 11 is 3.06. The van der Waals surface area contributed by atoms with E-state index in [1.165, 1.54) is 34.3 Å². The maximum absolute atomic E-state index is 12.6. The molecule has 0 fully saturated rings. The van der Waals surface area contributed by atoms with E-state index in [4.69, 9.17) is 0 Å². The molecule has 0 atom stereocenters. The maximum Gasteiger partial charge on any atom is 0.332 e. The number of aryl methyl sites for hydroxylation is 2. The summed E-state index contributed by atoms with van der Waals surface area (Å²) in [6, 6.07) is 3.83. The summed E-state index contributed by atoms with van der Waals surface area (Å²) in [5.74, 6) is 0. The van der Waals surface area contributed by atoms with E-state index < -0.39 is 11.3 Å². The average Bonchev–Trinajstić information content (AvgIpc) is 3.42. The standard InChI is InChI=1S/C18H18N4O3S2/c1-20-15-14(16(23)21(2)17(20)24)22(11-19-15)6-5-18(25,12-3-7-26-9-12)13-4-8-27-10-13/h3-4,7-11,25H,5-6H2,1-2H3. The Morgan fingerprint density at radius 3 is 2.26 bits per heavy atom. The fraction of sp³-hybridized carbons (Fsp3) is 0.278. The largest absolute Gasteiger partial charge is 0.380 e. The zero-order valence-corrected chi connectivity index (χ0v) is 16.5. The first-order valence-electron chi connectivity index (χ1n) is 8.32. The molecule has 0 unspecified atom stereocenters. The monoisotopic (exact) mass is 402 g/mol. The molecule has 140 valence electrons. The van der Waals surface area contributed by atoms with Gasteiger partial charge < -0.3 is 9.67 Å². The highest BCUT2D eigenvalue weighted by Crippen LogP contribution is 2.36. The van der Waals surface area contributed by atoms with Gasteiger partial charge in [0.1, 0.15) is 5.60 Å². The van der Waals surface area contributed by atoms with Crippen LogP contribution in [0.4, 0.5) is 0 Å². The van der Waals surface area contributed by atoms with Crippen LogP contribution in [0.25, 0.3) is 11.2 Å². The van der Waals surface area contributed by atoms with Crippen molar-refractivity contribution in [2.75, 3.05) is 0 Å². The number of aromatic nitrogens is 4. The number of imidazole rings is 1. The number of aliphatic hydroxyl groups is 1. The molecule has 0 spiro atoms. The van der Waals surface area contributed by atoms with Gasteiger partial charge in [-0.25, -0.2) is 9.78 Å². The van der Waals surface area contributed by atoms with Crippen LogP contribution in [-0.4, -0.2) is 23.8 Å². The summed E-state index contributed by atoms with van der Waals surface area (Å²) in [6.07, 6.45) is 1.92. The van der Waals surface area contributed by atoms with Crippen molar-refractivity contribution < 1.29 is 5.11 Å². The van der Waals surface area contributed by atoms with Crippen LogP contribution >= 0.6 is 22.7 Å². The zero-order chi connectivity index (χ0) is 19.2. The number of hydrogen-bond acceptors (Lipinski definition) is 6. The Bertz CT molecular complexity index is 1170. The van der Waals surface area contributed by atoms with Gasteiger partial charge >= 0.3 is 5.69 Å². The van der Waals surface area contributed by atoms with E-state index in [1.807, 2.05) is 33.7 Å². The number of fused-ring (bicyclic) bond motifs is 1. The third-order valence-corrected chi connectivity index (χ3v) is 6.30. The van der Waals surface area contributed by atoms with Crippen molar-refractivity contribution in [3.63, 3.8) is 0 Å². The van der Waals surface area contributed by atoms with Crippen molar-refractivity contribution in [2.24, 2.45) is 14.1 Å². The Morgan fingerprint density at radius 1 is 1.07 bits per heavy atom. The Labute approximate surface area is 162 Å². The highest BCUT2D eigenvalue weighted by atomic mass is 32.1. The van der Waals surface area contributed by atoms with Crippen LogP contribution in [0.1, 0.15) is 17.5 Å². The normalized spacial score (nSPS) is 12.1. The minimum absolute atomic E-state index is 0.345. The summed E-state index contributed by atoms with van der Waals surface area (Å²) in [6.45, 7) is 0.381. The van der Waals surface area contributed by atoms with Crippen molar-refractivity contribution in [1.82, 2.24) is 18.7 Å². The molecule has 0 aliphatic carbocycles. The summed E-state index contributed by atoms with van der Waals surface area (Å²) in [5.41, 5.74) is 0.412. The molecule has 0 amide bonds. The van der Waals surface area contributed by atoms with Gasteiger partial charge in [0.05, 0.1) is 6.33 Å². The van der Waals surface area contributed by atoms with Gasteiger partial charge in [0.15, 0.2) is 11.2 Å². The molecule has 0 radical (unpaired) electrons. The second-order valence-corrected chi connectivity index (χ2v) is 8.01. The lowest BCUT2D eigenvalue weighted by atomic mass is 9.87. The molecule has 7 nitrogen and oxygen atoms in total. The van der Waals surface area contributed by atoms with Crippen molar-refractivity contribution in [3.05, 3.63) is 71.9 Å². The number of rotatable bonds is 5. The lowest BCUT2D eigenvalue weighted by Crippen LogP contribution is -2.37. The first-order valence-corrected chi connectivity index (χ1v) is 10.2. The molecule has 4 heterocycles. The van der Waals surface area contributed by atoms with E-state index in [0.29, 0.717) is 24.1 Å². The first-order chi connectivity index (χ1) is 12.9. The maximum atomic E-state index is 12.6.